The summed E-state index contributed by atoms with van der Waals surface area (Å²) in [6.45, 7) is 0. The minimum Gasteiger partial charge on any atom is -0.396 e. The molecule has 62 valence electrons. The van der Waals surface area contributed by atoms with Crippen LogP contribution in [0.25, 0.3) is 0 Å². The average molecular weight is 182 g/mol. The lowest BCUT2D eigenvalue weighted by Gasteiger charge is -2.23. The van der Waals surface area contributed by atoms with Gasteiger partial charge in [0.05, 0.1) is 6.23 Å². The van der Waals surface area contributed by atoms with Crippen LogP contribution in [0.3, 0.4) is 0 Å². The van der Waals surface area contributed by atoms with Crippen molar-refractivity contribution in [1.29, 1.82) is 0 Å². The summed E-state index contributed by atoms with van der Waals surface area (Å²) in [5, 5.41) is 0.619. The van der Waals surface area contributed by atoms with Crippen LogP contribution in [0, 0.1) is 0 Å². The Balaban J connectivity index is 3.87. The van der Waals surface area contributed by atoms with Crippen LogP contribution in [0.2, 0.25) is 0 Å². The summed E-state index contributed by atoms with van der Waals surface area (Å²) in [6, 6.07) is 0. The molecule has 0 amide bonds. The molecule has 0 bridgehead atoms. The number of ether oxygens (including phenoxy) is 1. The standard InChI is InChI=1S/C5H14O3SSi/c1-6-4-10(5-9,7-2)8-3/h9H,4-5H2,1-3H3. The van der Waals surface area contributed by atoms with Crippen LogP contribution < -0.4 is 0 Å². The number of methoxy groups -OCH3 is 1. The maximum atomic E-state index is 5.19. The Kier molecular flexibility index (Phi) is 5.37. The van der Waals surface area contributed by atoms with E-state index in [1.165, 1.54) is 0 Å². The zero-order chi connectivity index (χ0) is 8.04. The third-order valence-electron chi connectivity index (χ3n) is 1.35. The first-order chi connectivity index (χ1) is 4.74. The van der Waals surface area contributed by atoms with Gasteiger partial charge in [-0.1, -0.05) is 0 Å². The highest BCUT2D eigenvalue weighted by Gasteiger charge is 2.33. The van der Waals surface area contributed by atoms with Gasteiger partial charge in [0, 0.05) is 26.7 Å². The zero-order valence-corrected chi connectivity index (χ0v) is 8.48. The van der Waals surface area contributed by atoms with Crippen molar-refractivity contribution in [2.24, 2.45) is 0 Å². The van der Waals surface area contributed by atoms with E-state index in [4.69, 9.17) is 13.6 Å². The Labute approximate surface area is 68.3 Å². The van der Waals surface area contributed by atoms with E-state index in [0.29, 0.717) is 11.6 Å². The Morgan fingerprint density at radius 1 is 1.20 bits per heavy atom. The third kappa shape index (κ3) is 2.59. The first-order valence-electron chi connectivity index (χ1n) is 2.95. The fraction of sp³-hybridized carbons (Fsp3) is 1.00. The Morgan fingerprint density at radius 3 is 1.80 bits per heavy atom. The maximum absolute atomic E-state index is 5.19. The van der Waals surface area contributed by atoms with E-state index in [0.717, 1.165) is 0 Å². The molecule has 10 heavy (non-hydrogen) atoms. The lowest BCUT2D eigenvalue weighted by Crippen LogP contribution is -2.47. The number of hydrogen-bond acceptors (Lipinski definition) is 4. The van der Waals surface area contributed by atoms with Crippen molar-refractivity contribution in [2.45, 2.75) is 0 Å². The van der Waals surface area contributed by atoms with E-state index in [-0.39, 0.29) is 0 Å². The molecule has 3 nitrogen and oxygen atoms in total. The van der Waals surface area contributed by atoms with Gasteiger partial charge in [-0.15, -0.1) is 0 Å². The first kappa shape index (κ1) is 10.4. The second-order valence-electron chi connectivity index (χ2n) is 1.91. The minimum atomic E-state index is -2.08. The van der Waals surface area contributed by atoms with Gasteiger partial charge < -0.3 is 13.6 Å². The summed E-state index contributed by atoms with van der Waals surface area (Å²) in [7, 11) is 2.81. The summed E-state index contributed by atoms with van der Waals surface area (Å²) >= 11 is 4.13. The van der Waals surface area contributed by atoms with Gasteiger partial charge in [-0.05, 0) is 0 Å². The normalized spacial score (nSPS) is 12.0. The highest BCUT2D eigenvalue weighted by molar-refractivity contribution is 7.82. The van der Waals surface area contributed by atoms with E-state index < -0.39 is 8.56 Å². The van der Waals surface area contributed by atoms with Crippen LogP contribution in [0.5, 0.6) is 0 Å². The van der Waals surface area contributed by atoms with Crippen molar-refractivity contribution in [2.75, 3.05) is 32.9 Å². The molecule has 0 fully saturated rings. The van der Waals surface area contributed by atoms with Crippen molar-refractivity contribution in [3.63, 3.8) is 0 Å². The average Bonchev–Trinajstić information content (AvgIpc) is 2.01. The van der Waals surface area contributed by atoms with Crippen LogP contribution in [0.1, 0.15) is 0 Å². The molecule has 0 N–H and O–H groups in total. The lowest BCUT2D eigenvalue weighted by molar-refractivity contribution is 0.167. The molecule has 5 heteroatoms. The molecule has 0 spiro atoms. The van der Waals surface area contributed by atoms with Gasteiger partial charge in [0.1, 0.15) is 0 Å². The van der Waals surface area contributed by atoms with E-state index in [1.54, 1.807) is 21.3 Å². The fourth-order valence-electron chi connectivity index (χ4n) is 0.596. The fourth-order valence-corrected chi connectivity index (χ4v) is 2.84. The molecule has 0 heterocycles. The van der Waals surface area contributed by atoms with Crippen LogP contribution in [0.4, 0.5) is 0 Å². The van der Waals surface area contributed by atoms with Crippen molar-refractivity contribution >= 4 is 21.2 Å². The predicted octanol–water partition coefficient (Wildman–Crippen LogP) is 0.376. The number of hydrogen-bond donors (Lipinski definition) is 1. The molecule has 0 aliphatic carbocycles. The maximum Gasteiger partial charge on any atom is 0.374 e. The third-order valence-corrected chi connectivity index (χ3v) is 5.49. The topological polar surface area (TPSA) is 27.7 Å². The second kappa shape index (κ2) is 5.14. The van der Waals surface area contributed by atoms with Crippen molar-refractivity contribution < 1.29 is 13.6 Å². The molecule has 0 saturated carbocycles. The number of rotatable bonds is 5. The smallest absolute Gasteiger partial charge is 0.374 e. The highest BCUT2D eigenvalue weighted by atomic mass is 32.1. The van der Waals surface area contributed by atoms with Crippen LogP contribution in [0.15, 0.2) is 0 Å². The molecule has 0 aliphatic rings. The van der Waals surface area contributed by atoms with Crippen molar-refractivity contribution in [3.05, 3.63) is 0 Å². The molecule has 0 aromatic rings. The lowest BCUT2D eigenvalue weighted by atomic mass is 11.5. The van der Waals surface area contributed by atoms with Gasteiger partial charge in [-0.3, -0.25) is 0 Å². The van der Waals surface area contributed by atoms with E-state index in [1.807, 2.05) is 0 Å². The Hall–Kier alpha value is 0.447. The van der Waals surface area contributed by atoms with Crippen LogP contribution >= 0.6 is 12.6 Å². The van der Waals surface area contributed by atoms with Gasteiger partial charge in [0.15, 0.2) is 0 Å². The van der Waals surface area contributed by atoms with E-state index in [2.05, 4.69) is 12.6 Å². The summed E-state index contributed by atoms with van der Waals surface area (Å²) in [4.78, 5) is 0. The molecule has 0 aliphatic heterocycles. The Morgan fingerprint density at radius 2 is 1.70 bits per heavy atom. The summed E-state index contributed by atoms with van der Waals surface area (Å²) in [5.41, 5.74) is 0. The summed E-state index contributed by atoms with van der Waals surface area (Å²) in [6.07, 6.45) is 0.531. The van der Waals surface area contributed by atoms with Crippen LogP contribution in [-0.4, -0.2) is 41.5 Å². The monoisotopic (exact) mass is 182 g/mol. The molecular formula is C5H14O3SSi. The van der Waals surface area contributed by atoms with Gasteiger partial charge in [0.25, 0.3) is 0 Å². The quantitative estimate of drug-likeness (QED) is 0.492. The van der Waals surface area contributed by atoms with E-state index >= 15 is 0 Å². The first-order valence-corrected chi connectivity index (χ1v) is 5.81. The molecule has 0 aromatic carbocycles. The zero-order valence-electron chi connectivity index (χ0n) is 6.59. The van der Waals surface area contributed by atoms with Crippen LogP contribution in [-0.2, 0) is 13.6 Å². The SMILES string of the molecule is COC[Si](CS)(OC)OC. The molecule has 0 rings (SSSR count). The van der Waals surface area contributed by atoms with Crippen molar-refractivity contribution in [1.82, 2.24) is 0 Å². The van der Waals surface area contributed by atoms with Gasteiger partial charge >= 0.3 is 8.56 Å². The van der Waals surface area contributed by atoms with E-state index in [9.17, 15) is 0 Å². The van der Waals surface area contributed by atoms with Gasteiger partial charge in [-0.25, -0.2) is 0 Å². The molecule has 0 unspecified atom stereocenters. The largest absolute Gasteiger partial charge is 0.396 e. The molecular weight excluding hydrogens is 168 g/mol. The Bertz CT molecular complexity index is 78.7. The summed E-state index contributed by atoms with van der Waals surface area (Å²) in [5.74, 6) is 0. The number of thiol groups is 1. The molecule has 0 aromatic heterocycles. The van der Waals surface area contributed by atoms with Gasteiger partial charge in [-0.2, -0.15) is 12.6 Å². The second-order valence-corrected chi connectivity index (χ2v) is 6.10. The molecule has 0 radical (unpaired) electrons. The summed E-state index contributed by atoms with van der Waals surface area (Å²) < 4.78 is 15.3. The minimum absolute atomic E-state index is 0.531. The highest BCUT2D eigenvalue weighted by Crippen LogP contribution is 2.06. The molecule has 0 atom stereocenters. The predicted molar refractivity (Wildman–Crippen MR) is 45.5 cm³/mol. The van der Waals surface area contributed by atoms with Gasteiger partial charge in [0.2, 0.25) is 0 Å². The van der Waals surface area contributed by atoms with Crippen molar-refractivity contribution in [3.8, 4) is 0 Å². The molecule has 0 saturated heterocycles.